The van der Waals surface area contributed by atoms with Gasteiger partial charge in [-0.05, 0) is 56.2 Å². The van der Waals surface area contributed by atoms with Gasteiger partial charge in [0, 0.05) is 28.7 Å². The van der Waals surface area contributed by atoms with Gasteiger partial charge in [0.1, 0.15) is 0 Å². The van der Waals surface area contributed by atoms with E-state index in [1.165, 1.54) is 0 Å². The highest BCUT2D eigenvalue weighted by Gasteiger charge is 2.24. The molecule has 0 aromatic heterocycles. The molecule has 1 unspecified atom stereocenters. The summed E-state index contributed by atoms with van der Waals surface area (Å²) in [6.45, 7) is 3.82. The lowest BCUT2D eigenvalue weighted by molar-refractivity contribution is -0.126. The van der Waals surface area contributed by atoms with Gasteiger partial charge in [0.25, 0.3) is 0 Å². The van der Waals surface area contributed by atoms with Crippen LogP contribution in [0.25, 0.3) is 0 Å². The third kappa shape index (κ3) is 11.3. The number of hydrogen-bond acceptors (Lipinski definition) is 2. The zero-order chi connectivity index (χ0) is 21.6. The summed E-state index contributed by atoms with van der Waals surface area (Å²) < 4.78 is 11.0. The van der Waals surface area contributed by atoms with E-state index in [4.69, 9.17) is 23.2 Å². The average Bonchev–Trinajstić information content (AvgIpc) is 2.70. The van der Waals surface area contributed by atoms with Crippen LogP contribution in [0, 0.1) is 5.92 Å². The Morgan fingerprint density at radius 3 is 2.17 bits per heavy atom. The minimum atomic E-state index is -0.160. The molecule has 1 saturated heterocycles. The summed E-state index contributed by atoms with van der Waals surface area (Å²) in [4.78, 5) is 22.9. The molecule has 2 amide bonds. The fourth-order valence-corrected chi connectivity index (χ4v) is 2.52. The molecule has 1 aliphatic rings. The Morgan fingerprint density at radius 2 is 1.72 bits per heavy atom. The van der Waals surface area contributed by atoms with E-state index >= 15 is 0 Å². The molecule has 156 valence electrons. The van der Waals surface area contributed by atoms with Crippen molar-refractivity contribution in [1.82, 2.24) is 5.32 Å². The number of rotatable bonds is 2. The summed E-state index contributed by atoms with van der Waals surface area (Å²) in [6, 6.07) is 16.4. The molecule has 0 bridgehead atoms. The highest BCUT2D eigenvalue weighted by molar-refractivity contribution is 6.31. The summed E-state index contributed by atoms with van der Waals surface area (Å²) in [5, 5.41) is 6.85. The van der Waals surface area contributed by atoms with Gasteiger partial charge in [0.05, 0.1) is 12.2 Å². The van der Waals surface area contributed by atoms with Crippen LogP contribution < -0.4 is 10.6 Å². The van der Waals surface area contributed by atoms with Crippen LogP contribution in [0.3, 0.4) is 0 Å². The molecule has 1 fully saturated rings. The zero-order valence-corrected chi connectivity index (χ0v) is 17.9. The van der Waals surface area contributed by atoms with E-state index in [-0.39, 0.29) is 17.7 Å². The van der Waals surface area contributed by atoms with Gasteiger partial charge in [-0.15, -0.1) is 0 Å². The van der Waals surface area contributed by atoms with Gasteiger partial charge >= 0.3 is 0 Å². The molecule has 2 aromatic carbocycles. The maximum absolute atomic E-state index is 11.9. The summed E-state index contributed by atoms with van der Waals surface area (Å²) in [5.74, 6) is -0.226. The molecule has 1 atom stereocenters. The van der Waals surface area contributed by atoms with Crippen molar-refractivity contribution in [3.63, 3.8) is 0 Å². The first-order chi connectivity index (χ1) is 13.8. The number of hydrogen-bond donors (Lipinski definition) is 2. The molecule has 0 spiro atoms. The standard InChI is InChI=1S/C12H13ClN2O2.C6H5Cl.C4H7F/c13-9-2-1-3-10(6-9)15-12(17)8-4-5-11(16)14-7-8;7-6-4-2-1-3-5-6;1-4(2)3-5/h1-3,6,8H,4-5,7H2,(H,14,16)(H,15,17);1-5H;3H,1-2H3. The number of anilines is 1. The second-order valence-corrected chi connectivity index (χ2v) is 7.39. The lowest BCUT2D eigenvalue weighted by Gasteiger charge is -2.21. The van der Waals surface area contributed by atoms with Crippen LogP contribution >= 0.6 is 23.2 Å². The Balaban J connectivity index is 0.000000288. The maximum Gasteiger partial charge on any atom is 0.229 e. The number of amides is 2. The number of benzene rings is 2. The van der Waals surface area contributed by atoms with Crippen molar-refractivity contribution < 1.29 is 14.0 Å². The molecular formula is C22H25Cl2FN2O2. The molecule has 29 heavy (non-hydrogen) atoms. The predicted octanol–water partition coefficient (Wildman–Crippen LogP) is 6.02. The van der Waals surface area contributed by atoms with Crippen molar-refractivity contribution in [2.45, 2.75) is 26.7 Å². The van der Waals surface area contributed by atoms with Gasteiger partial charge in [0.15, 0.2) is 0 Å². The minimum absolute atomic E-state index is 0.0109. The van der Waals surface area contributed by atoms with E-state index in [2.05, 4.69) is 10.6 Å². The summed E-state index contributed by atoms with van der Waals surface area (Å²) in [5.41, 5.74) is 1.39. The summed E-state index contributed by atoms with van der Waals surface area (Å²) >= 11 is 11.4. The Morgan fingerprint density at radius 1 is 1.10 bits per heavy atom. The molecule has 2 aromatic rings. The second-order valence-electron chi connectivity index (χ2n) is 6.52. The van der Waals surface area contributed by atoms with E-state index in [1.54, 1.807) is 38.1 Å². The van der Waals surface area contributed by atoms with Gasteiger partial charge in [0.2, 0.25) is 11.8 Å². The number of allylic oxidation sites excluding steroid dienone is 1. The lowest BCUT2D eigenvalue weighted by Crippen LogP contribution is -2.40. The van der Waals surface area contributed by atoms with Crippen LogP contribution in [0.15, 0.2) is 66.5 Å². The molecule has 1 heterocycles. The van der Waals surface area contributed by atoms with Crippen molar-refractivity contribution in [1.29, 1.82) is 0 Å². The Kier molecular flexibility index (Phi) is 11.7. The molecule has 0 radical (unpaired) electrons. The highest BCUT2D eigenvalue weighted by Crippen LogP contribution is 2.18. The second kappa shape index (κ2) is 13.7. The zero-order valence-electron chi connectivity index (χ0n) is 16.4. The first kappa shape index (κ1) is 24.7. The molecule has 3 rings (SSSR count). The van der Waals surface area contributed by atoms with Crippen molar-refractivity contribution in [2.75, 3.05) is 11.9 Å². The fourth-order valence-electron chi connectivity index (χ4n) is 2.18. The first-order valence-corrected chi connectivity index (χ1v) is 9.84. The van der Waals surface area contributed by atoms with Crippen molar-refractivity contribution >= 4 is 40.7 Å². The smallest absolute Gasteiger partial charge is 0.229 e. The number of carbonyl (C=O) groups excluding carboxylic acids is 2. The minimum Gasteiger partial charge on any atom is -0.355 e. The van der Waals surface area contributed by atoms with Crippen LogP contribution in [-0.2, 0) is 9.59 Å². The lowest BCUT2D eigenvalue weighted by atomic mass is 9.98. The Bertz CT molecular complexity index is 799. The van der Waals surface area contributed by atoms with Crippen LogP contribution in [-0.4, -0.2) is 18.4 Å². The van der Waals surface area contributed by atoms with Gasteiger partial charge in [-0.2, -0.15) is 0 Å². The van der Waals surface area contributed by atoms with E-state index in [0.717, 1.165) is 5.02 Å². The quantitative estimate of drug-likeness (QED) is 0.601. The van der Waals surface area contributed by atoms with Gasteiger partial charge < -0.3 is 10.6 Å². The predicted molar refractivity (Wildman–Crippen MR) is 118 cm³/mol. The van der Waals surface area contributed by atoms with Crippen molar-refractivity contribution in [2.24, 2.45) is 5.92 Å². The summed E-state index contributed by atoms with van der Waals surface area (Å²) in [6.07, 6.45) is 1.59. The molecule has 2 N–H and O–H groups in total. The molecule has 1 aliphatic heterocycles. The van der Waals surface area contributed by atoms with Crippen LogP contribution in [0.1, 0.15) is 26.7 Å². The van der Waals surface area contributed by atoms with Crippen LogP contribution in [0.2, 0.25) is 10.0 Å². The monoisotopic (exact) mass is 438 g/mol. The third-order valence-corrected chi connectivity index (χ3v) is 4.17. The normalized spacial score (nSPS) is 14.8. The highest BCUT2D eigenvalue weighted by atomic mass is 35.5. The van der Waals surface area contributed by atoms with E-state index in [0.29, 0.717) is 42.0 Å². The van der Waals surface area contributed by atoms with E-state index < -0.39 is 0 Å². The molecule has 4 nitrogen and oxygen atoms in total. The van der Waals surface area contributed by atoms with Crippen molar-refractivity contribution in [3.05, 3.63) is 76.5 Å². The number of nitrogens with one attached hydrogen (secondary N) is 2. The molecule has 0 aliphatic carbocycles. The van der Waals surface area contributed by atoms with Gasteiger partial charge in [-0.1, -0.05) is 47.5 Å². The number of piperidine rings is 1. The average molecular weight is 439 g/mol. The number of halogens is 3. The van der Waals surface area contributed by atoms with Crippen molar-refractivity contribution in [3.8, 4) is 0 Å². The largest absolute Gasteiger partial charge is 0.355 e. The van der Waals surface area contributed by atoms with Gasteiger partial charge in [-0.3, -0.25) is 9.59 Å². The SMILES string of the molecule is CC(C)=CF.Clc1ccccc1.O=C1CCC(C(=O)Nc2cccc(Cl)c2)CN1. The molecule has 0 saturated carbocycles. The van der Waals surface area contributed by atoms with Crippen LogP contribution in [0.5, 0.6) is 0 Å². The summed E-state index contributed by atoms with van der Waals surface area (Å²) in [7, 11) is 0. The fraction of sp³-hybridized carbons (Fsp3) is 0.273. The molecule has 7 heteroatoms. The third-order valence-electron chi connectivity index (χ3n) is 3.68. The Labute approximate surface area is 181 Å². The van der Waals surface area contributed by atoms with Crippen LogP contribution in [0.4, 0.5) is 10.1 Å². The van der Waals surface area contributed by atoms with Gasteiger partial charge in [-0.25, -0.2) is 4.39 Å². The topological polar surface area (TPSA) is 58.2 Å². The molecular weight excluding hydrogens is 414 g/mol. The van der Waals surface area contributed by atoms with E-state index in [1.807, 2.05) is 30.3 Å². The maximum atomic E-state index is 11.9. The Hall–Kier alpha value is -2.37. The number of carbonyl (C=O) groups is 2. The van der Waals surface area contributed by atoms with E-state index in [9.17, 15) is 14.0 Å². The first-order valence-electron chi connectivity index (χ1n) is 9.09.